The largest absolute Gasteiger partial charge is 0.350 e. The van der Waals surface area contributed by atoms with Gasteiger partial charge in [-0.25, -0.2) is 4.79 Å². The van der Waals surface area contributed by atoms with E-state index >= 15 is 0 Å². The van der Waals surface area contributed by atoms with Crippen LogP contribution in [0.15, 0.2) is 41.2 Å². The summed E-state index contributed by atoms with van der Waals surface area (Å²) in [6.45, 7) is 5.87. The fourth-order valence-electron chi connectivity index (χ4n) is 2.78. The maximum atomic E-state index is 13.0. The summed E-state index contributed by atoms with van der Waals surface area (Å²) < 4.78 is 2.76. The number of fused-ring (bicyclic) bond motifs is 1. The Labute approximate surface area is 150 Å². The predicted molar refractivity (Wildman–Crippen MR) is 98.5 cm³/mol. The number of nitrogens with zero attached hydrogens (tertiary/aromatic N) is 3. The number of hydrogen-bond acceptors (Lipinski definition) is 3. The number of halogens is 1. The first-order valence-electron chi connectivity index (χ1n) is 8.30. The number of carbonyl (C=O) groups is 1. The fourth-order valence-corrected chi connectivity index (χ4v) is 2.95. The van der Waals surface area contributed by atoms with Crippen LogP contribution in [-0.4, -0.2) is 20.0 Å². The Kier molecular flexibility index (Phi) is 4.77. The number of Topliss-reactive ketones (excluding diaryl/α,β-unsaturated/α-hetero) is 1. The van der Waals surface area contributed by atoms with Gasteiger partial charge in [0.2, 0.25) is 0 Å². The highest BCUT2D eigenvalue weighted by molar-refractivity contribution is 6.34. The van der Waals surface area contributed by atoms with Gasteiger partial charge in [0.05, 0.1) is 28.5 Å². The number of benzene rings is 1. The zero-order chi connectivity index (χ0) is 18.1. The van der Waals surface area contributed by atoms with E-state index in [1.807, 2.05) is 44.2 Å². The third-order valence-corrected chi connectivity index (χ3v) is 4.96. The lowest BCUT2D eigenvalue weighted by atomic mass is 10.0. The van der Waals surface area contributed by atoms with Crippen molar-refractivity contribution < 1.29 is 4.79 Å². The van der Waals surface area contributed by atoms with E-state index in [0.717, 1.165) is 5.56 Å². The highest BCUT2D eigenvalue weighted by Gasteiger charge is 2.22. The monoisotopic (exact) mass is 357 g/mol. The molecule has 0 aliphatic rings. The first-order chi connectivity index (χ1) is 11.9. The molecule has 1 aromatic carbocycles. The molecule has 0 fully saturated rings. The van der Waals surface area contributed by atoms with Gasteiger partial charge in [-0.3, -0.25) is 9.36 Å². The van der Waals surface area contributed by atoms with Gasteiger partial charge in [0.15, 0.2) is 5.78 Å². The molecule has 6 heteroatoms. The minimum Gasteiger partial charge on any atom is -0.292 e. The third kappa shape index (κ3) is 3.12. The number of hydrogen-bond donors (Lipinski definition) is 0. The minimum atomic E-state index is -0.358. The second-order valence-electron chi connectivity index (χ2n) is 6.25. The molecule has 2 heterocycles. The molecular weight excluding hydrogens is 338 g/mol. The number of ketones is 1. The first-order valence-corrected chi connectivity index (χ1v) is 8.68. The van der Waals surface area contributed by atoms with Crippen LogP contribution in [0.3, 0.4) is 0 Å². The molecule has 1 unspecified atom stereocenters. The van der Waals surface area contributed by atoms with Crippen molar-refractivity contribution in [3.05, 3.63) is 68.9 Å². The molecule has 0 amide bonds. The van der Waals surface area contributed by atoms with Crippen molar-refractivity contribution in [3.8, 4) is 0 Å². The number of rotatable bonds is 5. The molecule has 2 aromatic heterocycles. The van der Waals surface area contributed by atoms with Crippen LogP contribution in [0.2, 0.25) is 5.02 Å². The van der Waals surface area contributed by atoms with Gasteiger partial charge in [0.25, 0.3) is 0 Å². The van der Waals surface area contributed by atoms with E-state index in [1.54, 1.807) is 13.0 Å². The molecule has 3 rings (SSSR count). The normalized spacial score (nSPS) is 12.5. The Morgan fingerprint density at radius 2 is 1.96 bits per heavy atom. The Morgan fingerprint density at radius 1 is 1.28 bits per heavy atom. The maximum absolute atomic E-state index is 13.0. The topological polar surface area (TPSA) is 56.4 Å². The van der Waals surface area contributed by atoms with E-state index in [0.29, 0.717) is 34.9 Å². The Morgan fingerprint density at radius 3 is 2.60 bits per heavy atom. The lowest BCUT2D eigenvalue weighted by Gasteiger charge is -2.15. The van der Waals surface area contributed by atoms with E-state index in [1.165, 1.54) is 9.08 Å². The molecule has 3 aromatic rings. The van der Waals surface area contributed by atoms with Crippen molar-refractivity contribution in [1.82, 2.24) is 14.2 Å². The highest BCUT2D eigenvalue weighted by atomic mass is 35.5. The van der Waals surface area contributed by atoms with Gasteiger partial charge in [-0.1, -0.05) is 55.8 Å². The minimum absolute atomic E-state index is 0.0621. The van der Waals surface area contributed by atoms with Gasteiger partial charge in [0.1, 0.15) is 0 Å². The smallest absolute Gasteiger partial charge is 0.292 e. The van der Waals surface area contributed by atoms with Crippen LogP contribution in [0.5, 0.6) is 0 Å². The van der Waals surface area contributed by atoms with Crippen LogP contribution < -0.4 is 5.69 Å². The number of aromatic nitrogens is 3. The van der Waals surface area contributed by atoms with Crippen molar-refractivity contribution in [2.24, 2.45) is 5.92 Å². The molecule has 0 spiro atoms. The molecule has 0 aliphatic heterocycles. The summed E-state index contributed by atoms with van der Waals surface area (Å²) in [6, 6.07) is 11.3. The summed E-state index contributed by atoms with van der Waals surface area (Å²) in [6.07, 6.45) is 0.704. The van der Waals surface area contributed by atoms with Gasteiger partial charge < -0.3 is 0 Å². The predicted octanol–water partition coefficient (Wildman–Crippen LogP) is 3.73. The summed E-state index contributed by atoms with van der Waals surface area (Å²) in [5.41, 5.74) is 2.00. The van der Waals surface area contributed by atoms with Crippen molar-refractivity contribution in [2.45, 2.75) is 33.7 Å². The number of aryl methyl sites for hydroxylation is 1. The summed E-state index contributed by atoms with van der Waals surface area (Å²) in [5.74, 6) is -0.236. The molecule has 0 bridgehead atoms. The Bertz CT molecular complexity index is 989. The first kappa shape index (κ1) is 17.4. The van der Waals surface area contributed by atoms with Crippen LogP contribution >= 0.6 is 11.6 Å². The molecule has 0 N–H and O–H groups in total. The summed E-state index contributed by atoms with van der Waals surface area (Å²) in [7, 11) is 0. The molecule has 130 valence electrons. The Hall–Kier alpha value is -2.40. The summed E-state index contributed by atoms with van der Waals surface area (Å²) >= 11 is 6.27. The number of carbonyl (C=O) groups excluding carboxylic acids is 1. The second-order valence-corrected chi connectivity index (χ2v) is 6.63. The van der Waals surface area contributed by atoms with Crippen molar-refractivity contribution in [3.63, 3.8) is 0 Å². The van der Waals surface area contributed by atoms with Crippen LogP contribution in [-0.2, 0) is 6.54 Å². The molecule has 5 nitrogen and oxygen atoms in total. The van der Waals surface area contributed by atoms with Crippen molar-refractivity contribution in [1.29, 1.82) is 0 Å². The summed E-state index contributed by atoms with van der Waals surface area (Å²) in [5, 5.41) is 4.62. The van der Waals surface area contributed by atoms with Gasteiger partial charge in [-0.05, 0) is 25.0 Å². The maximum Gasteiger partial charge on any atom is 0.350 e. The van der Waals surface area contributed by atoms with Gasteiger partial charge in [0, 0.05) is 5.92 Å². The molecule has 0 saturated heterocycles. The quantitative estimate of drug-likeness (QED) is 0.654. The fraction of sp³-hybridized carbons (Fsp3) is 0.316. The molecule has 0 aliphatic carbocycles. The standard InChI is InChI=1S/C19H20ClN3O2/c1-4-12(2)18(24)16-10-15-17(20)13(3)21-23(15)19(25)22(16)11-14-8-6-5-7-9-14/h5-10,12H,4,11H2,1-3H3. The molecule has 25 heavy (non-hydrogen) atoms. The summed E-state index contributed by atoms with van der Waals surface area (Å²) in [4.78, 5) is 25.9. The second kappa shape index (κ2) is 6.84. The average molecular weight is 358 g/mol. The lowest BCUT2D eigenvalue weighted by molar-refractivity contribution is 0.0916. The Balaban J connectivity index is 2.26. The molecule has 0 radical (unpaired) electrons. The van der Waals surface area contributed by atoms with Crippen LogP contribution in [0.1, 0.15) is 42.0 Å². The van der Waals surface area contributed by atoms with E-state index in [4.69, 9.17) is 11.6 Å². The van der Waals surface area contributed by atoms with Gasteiger partial charge in [-0.15, -0.1) is 0 Å². The zero-order valence-corrected chi connectivity index (χ0v) is 15.2. The van der Waals surface area contributed by atoms with E-state index in [-0.39, 0.29) is 17.4 Å². The highest BCUT2D eigenvalue weighted by Crippen LogP contribution is 2.22. The molecule has 1 atom stereocenters. The average Bonchev–Trinajstić information content (AvgIpc) is 2.92. The van der Waals surface area contributed by atoms with Crippen molar-refractivity contribution >= 4 is 22.9 Å². The van der Waals surface area contributed by atoms with Gasteiger partial charge >= 0.3 is 5.69 Å². The van der Waals surface area contributed by atoms with E-state index in [9.17, 15) is 9.59 Å². The molecule has 0 saturated carbocycles. The van der Waals surface area contributed by atoms with Crippen molar-refractivity contribution in [2.75, 3.05) is 0 Å². The molecular formula is C19H20ClN3O2. The lowest BCUT2D eigenvalue weighted by Crippen LogP contribution is -2.33. The van der Waals surface area contributed by atoms with Crippen LogP contribution in [0.25, 0.3) is 5.52 Å². The third-order valence-electron chi connectivity index (χ3n) is 4.49. The van der Waals surface area contributed by atoms with E-state index < -0.39 is 0 Å². The van der Waals surface area contributed by atoms with Gasteiger partial charge in [-0.2, -0.15) is 9.61 Å². The van der Waals surface area contributed by atoms with Crippen LogP contribution in [0.4, 0.5) is 0 Å². The van der Waals surface area contributed by atoms with Crippen LogP contribution in [0, 0.1) is 12.8 Å². The zero-order valence-electron chi connectivity index (χ0n) is 14.5. The SMILES string of the molecule is CCC(C)C(=O)c1cc2c(Cl)c(C)nn2c(=O)n1Cc1ccccc1. The van der Waals surface area contributed by atoms with E-state index in [2.05, 4.69) is 5.10 Å².